The molecule has 5 rings (SSSR count). The number of aryl methyl sites for hydroxylation is 1. The minimum Gasteiger partial charge on any atom is -0.497 e. The van der Waals surface area contributed by atoms with Crippen molar-refractivity contribution in [3.05, 3.63) is 102 Å². The van der Waals surface area contributed by atoms with E-state index < -0.39 is 0 Å². The van der Waals surface area contributed by atoms with Gasteiger partial charge in [-0.1, -0.05) is 72.8 Å². The predicted molar refractivity (Wildman–Crippen MR) is 132 cm³/mol. The Bertz CT molecular complexity index is 1240. The lowest BCUT2D eigenvalue weighted by molar-refractivity contribution is -0.116. The van der Waals surface area contributed by atoms with Crippen LogP contribution in [0.3, 0.4) is 0 Å². The number of nitrogens with zero attached hydrogens (tertiary/aromatic N) is 3. The molecule has 0 spiro atoms. The standard InChI is InChI=1S/C27H27N5O2/c1-34-22-15-13-21(14-16-22)24-18-23(20-10-6-3-7-11-20)28-27-30-26(31-32(24)27)29-25(33)17-12-19-8-4-2-5-9-19/h2-11,13-16,23-24H,12,17-18H2,1H3,(H2,28,29,30,31,33). The first-order valence-corrected chi connectivity index (χ1v) is 11.5. The Hall–Kier alpha value is -4.13. The van der Waals surface area contributed by atoms with Crippen LogP contribution in [-0.2, 0) is 11.2 Å². The van der Waals surface area contributed by atoms with E-state index in [9.17, 15) is 4.79 Å². The highest BCUT2D eigenvalue weighted by Crippen LogP contribution is 2.38. The highest BCUT2D eigenvalue weighted by atomic mass is 16.5. The molecule has 0 radical (unpaired) electrons. The van der Waals surface area contributed by atoms with E-state index in [-0.39, 0.29) is 18.0 Å². The minimum absolute atomic E-state index is 0.0326. The molecule has 0 saturated heterocycles. The molecule has 2 N–H and O–H groups in total. The summed E-state index contributed by atoms with van der Waals surface area (Å²) in [7, 11) is 1.66. The summed E-state index contributed by atoms with van der Waals surface area (Å²) in [6.45, 7) is 0. The maximum Gasteiger partial charge on any atom is 0.250 e. The first kappa shape index (κ1) is 21.7. The third kappa shape index (κ3) is 4.78. The molecule has 7 heteroatoms. The predicted octanol–water partition coefficient (Wildman–Crippen LogP) is 5.00. The van der Waals surface area contributed by atoms with Crippen LogP contribution in [0.25, 0.3) is 0 Å². The first-order valence-electron chi connectivity index (χ1n) is 11.5. The van der Waals surface area contributed by atoms with Crippen LogP contribution in [0, 0.1) is 0 Å². The molecule has 7 nitrogen and oxygen atoms in total. The van der Waals surface area contributed by atoms with Gasteiger partial charge in [-0.05, 0) is 41.7 Å². The van der Waals surface area contributed by atoms with Crippen molar-refractivity contribution >= 4 is 17.8 Å². The maximum absolute atomic E-state index is 12.6. The van der Waals surface area contributed by atoms with E-state index in [0.29, 0.717) is 24.7 Å². The Morgan fingerprint density at radius 2 is 1.71 bits per heavy atom. The van der Waals surface area contributed by atoms with Crippen LogP contribution in [0.5, 0.6) is 5.75 Å². The fraction of sp³-hybridized carbons (Fsp3) is 0.222. The van der Waals surface area contributed by atoms with Gasteiger partial charge in [-0.3, -0.25) is 10.1 Å². The number of nitrogens with one attached hydrogen (secondary N) is 2. The summed E-state index contributed by atoms with van der Waals surface area (Å²) in [4.78, 5) is 17.2. The quantitative estimate of drug-likeness (QED) is 0.411. The van der Waals surface area contributed by atoms with Gasteiger partial charge < -0.3 is 10.1 Å². The van der Waals surface area contributed by atoms with Crippen LogP contribution in [0.4, 0.5) is 11.9 Å². The normalized spacial score (nSPS) is 16.9. The van der Waals surface area contributed by atoms with Crippen molar-refractivity contribution in [2.75, 3.05) is 17.7 Å². The first-order chi connectivity index (χ1) is 16.7. The van der Waals surface area contributed by atoms with Crippen LogP contribution in [0.1, 0.15) is 41.6 Å². The number of carbonyl (C=O) groups excluding carboxylic acids is 1. The molecule has 1 aliphatic rings. The number of benzene rings is 3. The van der Waals surface area contributed by atoms with Crippen LogP contribution in [0.15, 0.2) is 84.9 Å². The summed E-state index contributed by atoms with van der Waals surface area (Å²) < 4.78 is 7.19. The average Bonchev–Trinajstić information content (AvgIpc) is 3.30. The number of rotatable bonds is 7. The van der Waals surface area contributed by atoms with E-state index in [1.54, 1.807) is 7.11 Å². The van der Waals surface area contributed by atoms with Crippen LogP contribution >= 0.6 is 0 Å². The van der Waals surface area contributed by atoms with Gasteiger partial charge in [0.15, 0.2) is 0 Å². The summed E-state index contributed by atoms with van der Waals surface area (Å²) in [6, 6.07) is 28.4. The largest absolute Gasteiger partial charge is 0.497 e. The second kappa shape index (κ2) is 9.79. The molecule has 2 unspecified atom stereocenters. The van der Waals surface area contributed by atoms with Gasteiger partial charge >= 0.3 is 0 Å². The Morgan fingerprint density at radius 3 is 2.41 bits per heavy atom. The van der Waals surface area contributed by atoms with Crippen molar-refractivity contribution in [2.45, 2.75) is 31.3 Å². The number of methoxy groups -OCH3 is 1. The minimum atomic E-state index is -0.104. The van der Waals surface area contributed by atoms with Crippen LogP contribution in [0.2, 0.25) is 0 Å². The van der Waals surface area contributed by atoms with E-state index in [2.05, 4.69) is 45.0 Å². The second-order valence-electron chi connectivity index (χ2n) is 8.37. The average molecular weight is 454 g/mol. The molecule has 2 heterocycles. The summed E-state index contributed by atoms with van der Waals surface area (Å²) >= 11 is 0. The number of hydrogen-bond acceptors (Lipinski definition) is 5. The van der Waals surface area contributed by atoms with Gasteiger partial charge in [-0.25, -0.2) is 4.68 Å². The van der Waals surface area contributed by atoms with Crippen LogP contribution < -0.4 is 15.4 Å². The number of hydrogen-bond donors (Lipinski definition) is 2. The molecule has 2 atom stereocenters. The topological polar surface area (TPSA) is 81.1 Å². The molecule has 1 aliphatic heterocycles. The van der Waals surface area contributed by atoms with Crippen LogP contribution in [-0.4, -0.2) is 27.8 Å². The third-order valence-corrected chi connectivity index (χ3v) is 6.13. The third-order valence-electron chi connectivity index (χ3n) is 6.13. The summed E-state index contributed by atoms with van der Waals surface area (Å²) in [5.74, 6) is 1.65. The fourth-order valence-corrected chi connectivity index (χ4v) is 4.33. The van der Waals surface area contributed by atoms with Crippen molar-refractivity contribution < 1.29 is 9.53 Å². The molecule has 0 saturated carbocycles. The zero-order chi connectivity index (χ0) is 23.3. The molecule has 34 heavy (non-hydrogen) atoms. The van der Waals surface area contributed by atoms with Crippen molar-refractivity contribution in [3.63, 3.8) is 0 Å². The number of ether oxygens (including phenoxy) is 1. The molecule has 1 aromatic heterocycles. The van der Waals surface area contributed by atoms with Gasteiger partial charge in [0, 0.05) is 6.42 Å². The van der Waals surface area contributed by atoms with Gasteiger partial charge in [0.2, 0.25) is 11.9 Å². The lowest BCUT2D eigenvalue weighted by Gasteiger charge is -2.31. The Balaban J connectivity index is 1.38. The second-order valence-corrected chi connectivity index (χ2v) is 8.37. The van der Waals surface area contributed by atoms with E-state index in [4.69, 9.17) is 4.74 Å². The lowest BCUT2D eigenvalue weighted by atomic mass is 9.93. The van der Waals surface area contributed by atoms with Gasteiger partial charge in [0.05, 0.1) is 19.2 Å². The van der Waals surface area contributed by atoms with E-state index in [1.165, 1.54) is 5.56 Å². The molecule has 3 aromatic carbocycles. The maximum atomic E-state index is 12.6. The molecular formula is C27H27N5O2. The van der Waals surface area contributed by atoms with E-state index in [0.717, 1.165) is 23.3 Å². The fourth-order valence-electron chi connectivity index (χ4n) is 4.33. The summed E-state index contributed by atoms with van der Waals surface area (Å²) in [6.07, 6.45) is 1.84. The number of fused-ring (bicyclic) bond motifs is 1. The Morgan fingerprint density at radius 1 is 1.00 bits per heavy atom. The number of carbonyl (C=O) groups is 1. The van der Waals surface area contributed by atoms with Crippen molar-refractivity contribution in [1.82, 2.24) is 14.8 Å². The molecule has 0 fully saturated rings. The van der Waals surface area contributed by atoms with Crippen molar-refractivity contribution in [1.29, 1.82) is 0 Å². The summed E-state index contributed by atoms with van der Waals surface area (Å²) in [5.41, 5.74) is 3.42. The Kier molecular flexibility index (Phi) is 6.25. The summed E-state index contributed by atoms with van der Waals surface area (Å²) in [5, 5.41) is 11.0. The molecule has 1 amide bonds. The van der Waals surface area contributed by atoms with Gasteiger partial charge in [0.25, 0.3) is 5.95 Å². The smallest absolute Gasteiger partial charge is 0.250 e. The SMILES string of the molecule is COc1ccc(C2CC(c3ccccc3)Nc3nc(NC(=O)CCc4ccccc4)nn32)cc1. The van der Waals surface area contributed by atoms with Gasteiger partial charge in [-0.2, -0.15) is 4.98 Å². The van der Waals surface area contributed by atoms with Crippen molar-refractivity contribution in [3.8, 4) is 5.75 Å². The molecular weight excluding hydrogens is 426 g/mol. The monoisotopic (exact) mass is 453 g/mol. The zero-order valence-electron chi connectivity index (χ0n) is 19.0. The van der Waals surface area contributed by atoms with E-state index in [1.807, 2.05) is 65.3 Å². The number of anilines is 2. The highest BCUT2D eigenvalue weighted by molar-refractivity contribution is 5.89. The molecule has 172 valence electrons. The Labute approximate surface area is 198 Å². The molecule has 4 aromatic rings. The number of aromatic nitrogens is 3. The highest BCUT2D eigenvalue weighted by Gasteiger charge is 2.31. The molecule has 0 aliphatic carbocycles. The zero-order valence-corrected chi connectivity index (χ0v) is 19.0. The number of amides is 1. The lowest BCUT2D eigenvalue weighted by Crippen LogP contribution is -2.28. The van der Waals surface area contributed by atoms with E-state index >= 15 is 0 Å². The van der Waals surface area contributed by atoms with Crippen molar-refractivity contribution in [2.24, 2.45) is 0 Å². The van der Waals surface area contributed by atoms with Gasteiger partial charge in [-0.15, -0.1) is 5.10 Å². The van der Waals surface area contributed by atoms with Gasteiger partial charge in [0.1, 0.15) is 5.75 Å². The molecule has 0 bridgehead atoms.